The fourth-order valence-electron chi connectivity index (χ4n) is 2.64. The average molecular weight is 412 g/mol. The summed E-state index contributed by atoms with van der Waals surface area (Å²) >= 11 is 0. The number of carbonyl (C=O) groups is 3. The van der Waals surface area contributed by atoms with Crippen molar-refractivity contribution >= 4 is 18.0 Å². The first-order valence-corrected chi connectivity index (χ1v) is 10.0. The van der Waals surface area contributed by atoms with E-state index in [1.807, 2.05) is 67.6 Å². The van der Waals surface area contributed by atoms with Crippen molar-refractivity contribution in [1.82, 2.24) is 10.6 Å². The zero-order valence-corrected chi connectivity index (χ0v) is 17.1. The number of hydrogen-bond acceptors (Lipinski definition) is 5. The number of ether oxygens (including phenoxy) is 2. The molecule has 0 saturated heterocycles. The van der Waals surface area contributed by atoms with Gasteiger partial charge in [0.15, 0.2) is 6.61 Å². The lowest BCUT2D eigenvalue weighted by atomic mass is 10.1. The standard InChI is InChI=1S/C23H28N2O5/c1-2-3-14-24-21(26)17-29-22(27)20(15-18-10-6-4-7-11-18)25-23(28)30-16-19-12-8-5-9-13-19/h4-13,20H,2-3,14-17H2,1H3,(H,24,26)(H,25,28)/t20-/m1/s1. The van der Waals surface area contributed by atoms with E-state index in [-0.39, 0.29) is 18.9 Å². The third-order valence-corrected chi connectivity index (χ3v) is 4.27. The number of rotatable bonds is 11. The van der Waals surface area contributed by atoms with Crippen LogP contribution in [0.15, 0.2) is 60.7 Å². The molecule has 2 N–H and O–H groups in total. The maximum absolute atomic E-state index is 12.5. The molecule has 2 aromatic carbocycles. The van der Waals surface area contributed by atoms with Crippen LogP contribution in [0, 0.1) is 0 Å². The van der Waals surface area contributed by atoms with E-state index in [0.29, 0.717) is 6.54 Å². The fraction of sp³-hybridized carbons (Fsp3) is 0.348. The third-order valence-electron chi connectivity index (χ3n) is 4.27. The van der Waals surface area contributed by atoms with Crippen LogP contribution in [-0.2, 0) is 32.1 Å². The number of carbonyl (C=O) groups excluding carboxylic acids is 3. The lowest BCUT2D eigenvalue weighted by Crippen LogP contribution is -2.44. The lowest BCUT2D eigenvalue weighted by Gasteiger charge is -2.18. The zero-order valence-electron chi connectivity index (χ0n) is 17.1. The van der Waals surface area contributed by atoms with Gasteiger partial charge in [0.25, 0.3) is 5.91 Å². The van der Waals surface area contributed by atoms with Gasteiger partial charge in [0.2, 0.25) is 0 Å². The molecular weight excluding hydrogens is 384 g/mol. The molecule has 0 aromatic heterocycles. The number of amides is 2. The smallest absolute Gasteiger partial charge is 0.408 e. The van der Waals surface area contributed by atoms with Gasteiger partial charge in [-0.25, -0.2) is 9.59 Å². The van der Waals surface area contributed by atoms with E-state index >= 15 is 0 Å². The van der Waals surface area contributed by atoms with Crippen molar-refractivity contribution in [2.45, 2.75) is 38.8 Å². The quantitative estimate of drug-likeness (QED) is 0.437. The monoisotopic (exact) mass is 412 g/mol. The number of benzene rings is 2. The molecule has 7 heteroatoms. The third kappa shape index (κ3) is 8.77. The zero-order chi connectivity index (χ0) is 21.6. The second-order valence-corrected chi connectivity index (χ2v) is 6.76. The summed E-state index contributed by atoms with van der Waals surface area (Å²) in [4.78, 5) is 36.5. The molecule has 0 fully saturated rings. The summed E-state index contributed by atoms with van der Waals surface area (Å²) in [6.07, 6.45) is 1.29. The van der Waals surface area contributed by atoms with Crippen LogP contribution in [0.25, 0.3) is 0 Å². The van der Waals surface area contributed by atoms with E-state index in [9.17, 15) is 14.4 Å². The summed E-state index contributed by atoms with van der Waals surface area (Å²) in [5.41, 5.74) is 1.67. The molecule has 30 heavy (non-hydrogen) atoms. The molecule has 0 aliphatic rings. The van der Waals surface area contributed by atoms with Crippen molar-refractivity contribution in [2.75, 3.05) is 13.2 Å². The van der Waals surface area contributed by atoms with Crippen LogP contribution in [-0.4, -0.2) is 37.2 Å². The number of nitrogens with one attached hydrogen (secondary N) is 2. The van der Waals surface area contributed by atoms with Gasteiger partial charge < -0.3 is 20.1 Å². The first kappa shape index (κ1) is 22.9. The summed E-state index contributed by atoms with van der Waals surface area (Å²) in [6.45, 7) is 2.24. The van der Waals surface area contributed by atoms with Crippen LogP contribution in [0.4, 0.5) is 4.79 Å². The van der Waals surface area contributed by atoms with Crippen LogP contribution < -0.4 is 10.6 Å². The maximum atomic E-state index is 12.5. The molecule has 2 aromatic rings. The predicted molar refractivity (Wildman–Crippen MR) is 113 cm³/mol. The van der Waals surface area contributed by atoms with Crippen molar-refractivity contribution in [3.63, 3.8) is 0 Å². The minimum Gasteiger partial charge on any atom is -0.454 e. The highest BCUT2D eigenvalue weighted by atomic mass is 16.6. The Morgan fingerprint density at radius 2 is 1.53 bits per heavy atom. The van der Waals surface area contributed by atoms with Gasteiger partial charge in [-0.3, -0.25) is 4.79 Å². The predicted octanol–water partition coefficient (Wildman–Crippen LogP) is 2.98. The second kappa shape index (κ2) is 13.0. The first-order chi connectivity index (χ1) is 14.6. The van der Waals surface area contributed by atoms with Crippen molar-refractivity contribution in [3.8, 4) is 0 Å². The Morgan fingerprint density at radius 3 is 2.17 bits per heavy atom. The molecule has 0 bridgehead atoms. The van der Waals surface area contributed by atoms with Crippen molar-refractivity contribution in [3.05, 3.63) is 71.8 Å². The van der Waals surface area contributed by atoms with Crippen LogP contribution in [0.2, 0.25) is 0 Å². The van der Waals surface area contributed by atoms with E-state index in [2.05, 4.69) is 10.6 Å². The van der Waals surface area contributed by atoms with E-state index in [1.165, 1.54) is 0 Å². The van der Waals surface area contributed by atoms with E-state index in [4.69, 9.17) is 9.47 Å². The molecule has 160 valence electrons. The number of alkyl carbamates (subject to hydrolysis) is 1. The highest BCUT2D eigenvalue weighted by Gasteiger charge is 2.24. The van der Waals surface area contributed by atoms with Crippen molar-refractivity contribution in [2.24, 2.45) is 0 Å². The molecule has 0 saturated carbocycles. The number of unbranched alkanes of at least 4 members (excludes halogenated alkanes) is 1. The summed E-state index contributed by atoms with van der Waals surface area (Å²) in [6, 6.07) is 17.5. The van der Waals surface area contributed by atoms with Crippen LogP contribution >= 0.6 is 0 Å². The first-order valence-electron chi connectivity index (χ1n) is 10.0. The molecule has 0 aliphatic carbocycles. The van der Waals surface area contributed by atoms with Crippen molar-refractivity contribution < 1.29 is 23.9 Å². The van der Waals surface area contributed by atoms with Gasteiger partial charge in [0.05, 0.1) is 0 Å². The number of hydrogen-bond donors (Lipinski definition) is 2. The molecule has 1 atom stereocenters. The van der Waals surface area contributed by atoms with Gasteiger partial charge in [0, 0.05) is 13.0 Å². The molecular formula is C23H28N2O5. The maximum Gasteiger partial charge on any atom is 0.408 e. The minimum absolute atomic E-state index is 0.0829. The minimum atomic E-state index is -0.973. The summed E-state index contributed by atoms with van der Waals surface area (Å²) in [5, 5.41) is 5.22. The van der Waals surface area contributed by atoms with Gasteiger partial charge in [-0.2, -0.15) is 0 Å². The fourth-order valence-corrected chi connectivity index (χ4v) is 2.64. The SMILES string of the molecule is CCCCNC(=O)COC(=O)[C@@H](Cc1ccccc1)NC(=O)OCc1ccccc1. The summed E-state index contributed by atoms with van der Waals surface area (Å²) < 4.78 is 10.3. The lowest BCUT2D eigenvalue weighted by molar-refractivity contribution is -0.150. The second-order valence-electron chi connectivity index (χ2n) is 6.76. The van der Waals surface area contributed by atoms with Gasteiger partial charge in [-0.1, -0.05) is 74.0 Å². The van der Waals surface area contributed by atoms with Crippen LogP contribution in [0.1, 0.15) is 30.9 Å². The van der Waals surface area contributed by atoms with Crippen LogP contribution in [0.5, 0.6) is 0 Å². The topological polar surface area (TPSA) is 93.7 Å². The molecule has 7 nitrogen and oxygen atoms in total. The average Bonchev–Trinajstić information content (AvgIpc) is 2.77. The van der Waals surface area contributed by atoms with Crippen LogP contribution in [0.3, 0.4) is 0 Å². The number of esters is 1. The van der Waals surface area contributed by atoms with E-state index < -0.39 is 24.7 Å². The van der Waals surface area contributed by atoms with Gasteiger partial charge in [-0.15, -0.1) is 0 Å². The summed E-state index contributed by atoms with van der Waals surface area (Å²) in [7, 11) is 0. The molecule has 0 unspecified atom stereocenters. The molecule has 0 spiro atoms. The molecule has 0 heterocycles. The van der Waals surface area contributed by atoms with E-state index in [1.54, 1.807) is 0 Å². The Balaban J connectivity index is 1.91. The van der Waals surface area contributed by atoms with E-state index in [0.717, 1.165) is 24.0 Å². The van der Waals surface area contributed by atoms with Crippen molar-refractivity contribution in [1.29, 1.82) is 0 Å². The van der Waals surface area contributed by atoms with Gasteiger partial charge >= 0.3 is 12.1 Å². The Morgan fingerprint density at radius 1 is 0.900 bits per heavy atom. The van der Waals surface area contributed by atoms with Gasteiger partial charge in [-0.05, 0) is 17.5 Å². The molecule has 0 radical (unpaired) electrons. The normalized spacial score (nSPS) is 11.2. The Kier molecular flexibility index (Phi) is 9.92. The Hall–Kier alpha value is -3.35. The Labute approximate surface area is 176 Å². The van der Waals surface area contributed by atoms with Gasteiger partial charge in [0.1, 0.15) is 12.6 Å². The highest BCUT2D eigenvalue weighted by Crippen LogP contribution is 2.06. The summed E-state index contributed by atoms with van der Waals surface area (Å²) in [5.74, 6) is -1.07. The molecule has 2 amide bonds. The highest BCUT2D eigenvalue weighted by molar-refractivity contribution is 5.85. The largest absolute Gasteiger partial charge is 0.454 e. The Bertz CT molecular complexity index is 796. The molecule has 2 rings (SSSR count). The molecule has 0 aliphatic heterocycles.